The van der Waals surface area contributed by atoms with Gasteiger partial charge in [-0.15, -0.1) is 0 Å². The van der Waals surface area contributed by atoms with Crippen LogP contribution in [-0.4, -0.2) is 54.0 Å². The number of amides is 1. The summed E-state index contributed by atoms with van der Waals surface area (Å²) in [6.45, 7) is 4.02. The molecule has 1 aromatic rings. The van der Waals surface area contributed by atoms with Crippen molar-refractivity contribution in [1.82, 2.24) is 14.9 Å². The maximum Gasteiger partial charge on any atom is 0.231 e. The summed E-state index contributed by atoms with van der Waals surface area (Å²) in [6.07, 6.45) is 8.90. The molecule has 0 spiro atoms. The van der Waals surface area contributed by atoms with Crippen LogP contribution in [0.5, 0.6) is 0 Å². The average molecular weight is 355 g/mol. The molecular weight excluding hydrogens is 326 g/mol. The Hall–Kier alpha value is -1.69. The van der Waals surface area contributed by atoms with E-state index in [1.165, 1.54) is 19.3 Å². The SMILES string of the molecule is CN1CCN(c2cc(NC(=O)C34CC5CC(CC(C5)C3)C4)ncn2)CC1. The van der Waals surface area contributed by atoms with E-state index in [9.17, 15) is 4.79 Å². The molecule has 0 radical (unpaired) electrons. The monoisotopic (exact) mass is 355 g/mol. The molecule has 2 heterocycles. The highest BCUT2D eigenvalue weighted by atomic mass is 16.2. The normalized spacial score (nSPS) is 36.3. The Morgan fingerprint density at radius 1 is 1.04 bits per heavy atom. The molecule has 5 aliphatic rings. The molecule has 140 valence electrons. The third-order valence-electron chi connectivity index (χ3n) is 7.24. The van der Waals surface area contributed by atoms with Crippen molar-refractivity contribution in [2.24, 2.45) is 23.2 Å². The van der Waals surface area contributed by atoms with Crippen LogP contribution in [0.15, 0.2) is 12.4 Å². The maximum absolute atomic E-state index is 13.2. The summed E-state index contributed by atoms with van der Waals surface area (Å²) in [5.41, 5.74) is -0.131. The summed E-state index contributed by atoms with van der Waals surface area (Å²) >= 11 is 0. The van der Waals surface area contributed by atoms with Gasteiger partial charge in [0.05, 0.1) is 5.41 Å². The lowest BCUT2D eigenvalue weighted by Crippen LogP contribution is -2.51. The predicted octanol–water partition coefficient (Wildman–Crippen LogP) is 2.38. The molecule has 1 N–H and O–H groups in total. The Balaban J connectivity index is 1.31. The summed E-state index contributed by atoms with van der Waals surface area (Å²) < 4.78 is 0. The van der Waals surface area contributed by atoms with Crippen LogP contribution < -0.4 is 10.2 Å². The molecule has 1 aromatic heterocycles. The molecule has 4 bridgehead atoms. The van der Waals surface area contributed by atoms with E-state index in [0.29, 0.717) is 5.82 Å². The molecule has 26 heavy (non-hydrogen) atoms. The second-order valence-electron chi connectivity index (χ2n) is 9.20. The summed E-state index contributed by atoms with van der Waals surface area (Å²) in [5.74, 6) is 4.12. The number of rotatable bonds is 3. The molecule has 4 saturated carbocycles. The van der Waals surface area contributed by atoms with Gasteiger partial charge in [-0.1, -0.05) is 0 Å². The van der Waals surface area contributed by atoms with E-state index in [1.54, 1.807) is 6.33 Å². The highest BCUT2D eigenvalue weighted by molar-refractivity contribution is 5.95. The van der Waals surface area contributed by atoms with Gasteiger partial charge in [-0.2, -0.15) is 0 Å². The fraction of sp³-hybridized carbons (Fsp3) is 0.750. The molecule has 1 amide bonds. The van der Waals surface area contributed by atoms with Crippen molar-refractivity contribution in [2.45, 2.75) is 38.5 Å². The van der Waals surface area contributed by atoms with E-state index in [0.717, 1.165) is 69.0 Å². The Bertz CT molecular complexity index is 662. The first-order valence-corrected chi connectivity index (χ1v) is 10.2. The van der Waals surface area contributed by atoms with Crippen LogP contribution in [0.3, 0.4) is 0 Å². The van der Waals surface area contributed by atoms with Crippen molar-refractivity contribution in [3.8, 4) is 0 Å². The number of carbonyl (C=O) groups is 1. The molecule has 5 fully saturated rings. The van der Waals surface area contributed by atoms with E-state index in [2.05, 4.69) is 32.1 Å². The second-order valence-corrected chi connectivity index (χ2v) is 9.20. The zero-order chi connectivity index (χ0) is 17.7. The molecule has 6 nitrogen and oxygen atoms in total. The fourth-order valence-corrected chi connectivity index (χ4v) is 6.26. The van der Waals surface area contributed by atoms with E-state index < -0.39 is 0 Å². The van der Waals surface area contributed by atoms with Gasteiger partial charge in [0, 0.05) is 32.2 Å². The molecule has 6 heteroatoms. The van der Waals surface area contributed by atoms with Gasteiger partial charge in [0.25, 0.3) is 0 Å². The van der Waals surface area contributed by atoms with Gasteiger partial charge >= 0.3 is 0 Å². The van der Waals surface area contributed by atoms with E-state index in [1.807, 2.05) is 6.07 Å². The minimum absolute atomic E-state index is 0.131. The van der Waals surface area contributed by atoms with Gasteiger partial charge in [0.1, 0.15) is 18.0 Å². The Morgan fingerprint density at radius 2 is 1.65 bits per heavy atom. The third kappa shape index (κ3) is 2.88. The summed E-state index contributed by atoms with van der Waals surface area (Å²) in [4.78, 5) is 26.6. The maximum atomic E-state index is 13.2. The zero-order valence-corrected chi connectivity index (χ0v) is 15.7. The van der Waals surface area contributed by atoms with Crippen LogP contribution in [-0.2, 0) is 4.79 Å². The van der Waals surface area contributed by atoms with Gasteiger partial charge < -0.3 is 15.1 Å². The highest BCUT2D eigenvalue weighted by Gasteiger charge is 2.54. The quantitative estimate of drug-likeness (QED) is 0.902. The molecule has 0 aromatic carbocycles. The molecule has 6 rings (SSSR count). The number of nitrogens with one attached hydrogen (secondary N) is 1. The lowest BCUT2D eigenvalue weighted by Gasteiger charge is -2.55. The van der Waals surface area contributed by atoms with E-state index in [-0.39, 0.29) is 11.3 Å². The Labute approximate surface area is 155 Å². The smallest absolute Gasteiger partial charge is 0.231 e. The second kappa shape index (κ2) is 6.19. The van der Waals surface area contributed by atoms with Crippen molar-refractivity contribution >= 4 is 17.5 Å². The number of aromatic nitrogens is 2. The fourth-order valence-electron chi connectivity index (χ4n) is 6.26. The number of likely N-dealkylation sites (N-methyl/N-ethyl adjacent to an activating group) is 1. The van der Waals surface area contributed by atoms with Crippen LogP contribution in [0.1, 0.15) is 38.5 Å². The highest BCUT2D eigenvalue weighted by Crippen LogP contribution is 2.60. The molecule has 0 unspecified atom stereocenters. The number of nitrogens with zero attached hydrogens (tertiary/aromatic N) is 4. The zero-order valence-electron chi connectivity index (χ0n) is 15.7. The van der Waals surface area contributed by atoms with Crippen molar-refractivity contribution in [2.75, 3.05) is 43.4 Å². The van der Waals surface area contributed by atoms with Gasteiger partial charge in [0.15, 0.2) is 0 Å². The number of carbonyl (C=O) groups excluding carboxylic acids is 1. The standard InChI is InChI=1S/C20H29N5O/c1-24-2-4-25(5-3-24)18-9-17(21-13-22-18)23-19(26)20-10-14-6-15(11-20)8-16(7-14)12-20/h9,13-16H,2-8,10-12H2,1H3,(H,21,22,23,26). The first-order valence-electron chi connectivity index (χ1n) is 10.2. The van der Waals surface area contributed by atoms with Crippen LogP contribution in [0.2, 0.25) is 0 Å². The Kier molecular flexibility index (Phi) is 3.92. The number of hydrogen-bond donors (Lipinski definition) is 1. The van der Waals surface area contributed by atoms with Gasteiger partial charge in [-0.05, 0) is 63.3 Å². The van der Waals surface area contributed by atoms with E-state index in [4.69, 9.17) is 0 Å². The number of anilines is 2. The number of hydrogen-bond acceptors (Lipinski definition) is 5. The Morgan fingerprint density at radius 3 is 2.27 bits per heavy atom. The third-order valence-corrected chi connectivity index (χ3v) is 7.24. The van der Waals surface area contributed by atoms with Crippen molar-refractivity contribution < 1.29 is 4.79 Å². The van der Waals surface area contributed by atoms with Gasteiger partial charge in [-0.25, -0.2) is 9.97 Å². The van der Waals surface area contributed by atoms with Gasteiger partial charge in [0.2, 0.25) is 5.91 Å². The summed E-state index contributed by atoms with van der Waals surface area (Å²) in [5, 5.41) is 3.16. The topological polar surface area (TPSA) is 61.4 Å². The minimum atomic E-state index is -0.131. The number of piperazine rings is 1. The summed E-state index contributed by atoms with van der Waals surface area (Å²) in [7, 11) is 2.15. The van der Waals surface area contributed by atoms with Crippen LogP contribution in [0, 0.1) is 23.2 Å². The summed E-state index contributed by atoms with van der Waals surface area (Å²) in [6, 6.07) is 1.95. The van der Waals surface area contributed by atoms with Crippen LogP contribution in [0.4, 0.5) is 11.6 Å². The van der Waals surface area contributed by atoms with Crippen LogP contribution in [0.25, 0.3) is 0 Å². The lowest BCUT2D eigenvalue weighted by molar-refractivity contribution is -0.140. The minimum Gasteiger partial charge on any atom is -0.354 e. The molecule has 1 saturated heterocycles. The first-order chi connectivity index (χ1) is 12.6. The van der Waals surface area contributed by atoms with Crippen LogP contribution >= 0.6 is 0 Å². The van der Waals surface area contributed by atoms with Crippen molar-refractivity contribution in [1.29, 1.82) is 0 Å². The largest absolute Gasteiger partial charge is 0.354 e. The average Bonchev–Trinajstić information content (AvgIpc) is 2.61. The molecular formula is C20H29N5O. The molecule has 4 aliphatic carbocycles. The predicted molar refractivity (Wildman–Crippen MR) is 101 cm³/mol. The van der Waals surface area contributed by atoms with Gasteiger partial charge in [-0.3, -0.25) is 4.79 Å². The first kappa shape index (κ1) is 16.5. The van der Waals surface area contributed by atoms with Crippen molar-refractivity contribution in [3.05, 3.63) is 12.4 Å². The molecule has 0 atom stereocenters. The molecule has 1 aliphatic heterocycles. The van der Waals surface area contributed by atoms with E-state index >= 15 is 0 Å². The lowest BCUT2D eigenvalue weighted by atomic mass is 9.49. The van der Waals surface area contributed by atoms with Crippen molar-refractivity contribution in [3.63, 3.8) is 0 Å².